The van der Waals surface area contributed by atoms with Crippen molar-refractivity contribution in [2.24, 2.45) is 5.73 Å². The standard InChI is InChI=1S/C14H17NO2S/c1-8-9(2)18-13-7-10(3-4-11(8)13)12(15)5-6-14(16)17/h3-4,7,12H,5-6,15H2,1-2H3,(H,16,17). The second-order valence-electron chi connectivity index (χ2n) is 4.58. The van der Waals surface area contributed by atoms with Crippen molar-refractivity contribution < 1.29 is 9.90 Å². The Morgan fingerprint density at radius 1 is 1.44 bits per heavy atom. The number of hydrogen-bond donors (Lipinski definition) is 2. The Morgan fingerprint density at radius 2 is 2.17 bits per heavy atom. The van der Waals surface area contributed by atoms with E-state index in [-0.39, 0.29) is 12.5 Å². The molecule has 1 heterocycles. The van der Waals surface area contributed by atoms with Gasteiger partial charge in [-0.05, 0) is 42.8 Å². The summed E-state index contributed by atoms with van der Waals surface area (Å²) in [6, 6.07) is 5.98. The third kappa shape index (κ3) is 2.54. The first-order valence-corrected chi connectivity index (χ1v) is 6.77. The van der Waals surface area contributed by atoms with Gasteiger partial charge in [0.15, 0.2) is 0 Å². The molecule has 0 aliphatic carbocycles. The summed E-state index contributed by atoms with van der Waals surface area (Å²) in [6.45, 7) is 4.24. The number of fused-ring (bicyclic) bond motifs is 1. The first-order chi connectivity index (χ1) is 8.49. The summed E-state index contributed by atoms with van der Waals surface area (Å²) >= 11 is 1.76. The minimum Gasteiger partial charge on any atom is -0.481 e. The van der Waals surface area contributed by atoms with Gasteiger partial charge in [-0.15, -0.1) is 11.3 Å². The van der Waals surface area contributed by atoms with Crippen LogP contribution in [0.4, 0.5) is 0 Å². The first-order valence-electron chi connectivity index (χ1n) is 5.96. The van der Waals surface area contributed by atoms with Gasteiger partial charge in [-0.25, -0.2) is 0 Å². The van der Waals surface area contributed by atoms with E-state index in [2.05, 4.69) is 26.0 Å². The monoisotopic (exact) mass is 263 g/mol. The van der Waals surface area contributed by atoms with E-state index in [0.717, 1.165) is 5.56 Å². The minimum absolute atomic E-state index is 0.113. The first kappa shape index (κ1) is 13.1. The van der Waals surface area contributed by atoms with Crippen LogP contribution in [0.5, 0.6) is 0 Å². The van der Waals surface area contributed by atoms with Crippen LogP contribution in [0, 0.1) is 13.8 Å². The van der Waals surface area contributed by atoms with Gasteiger partial charge < -0.3 is 10.8 Å². The van der Waals surface area contributed by atoms with E-state index in [9.17, 15) is 4.79 Å². The Hall–Kier alpha value is -1.39. The Morgan fingerprint density at radius 3 is 2.83 bits per heavy atom. The number of aryl methyl sites for hydroxylation is 2. The highest BCUT2D eigenvalue weighted by atomic mass is 32.1. The van der Waals surface area contributed by atoms with Gasteiger partial charge in [0, 0.05) is 22.0 Å². The average Bonchev–Trinajstić information content (AvgIpc) is 2.61. The van der Waals surface area contributed by atoms with Gasteiger partial charge in [-0.1, -0.05) is 12.1 Å². The Balaban J connectivity index is 2.27. The van der Waals surface area contributed by atoms with Crippen LogP contribution in [-0.2, 0) is 4.79 Å². The largest absolute Gasteiger partial charge is 0.481 e. The second-order valence-corrected chi connectivity index (χ2v) is 5.83. The molecule has 0 aliphatic rings. The lowest BCUT2D eigenvalue weighted by atomic mass is 10.0. The fourth-order valence-electron chi connectivity index (χ4n) is 2.04. The van der Waals surface area contributed by atoms with E-state index in [1.807, 2.05) is 6.07 Å². The maximum atomic E-state index is 10.5. The van der Waals surface area contributed by atoms with Crippen molar-refractivity contribution in [3.63, 3.8) is 0 Å². The van der Waals surface area contributed by atoms with E-state index < -0.39 is 5.97 Å². The molecule has 0 bridgehead atoms. The van der Waals surface area contributed by atoms with Gasteiger partial charge in [0.05, 0.1) is 0 Å². The van der Waals surface area contributed by atoms with E-state index in [1.165, 1.54) is 20.5 Å². The molecule has 1 unspecified atom stereocenters. The van der Waals surface area contributed by atoms with Crippen LogP contribution in [-0.4, -0.2) is 11.1 Å². The van der Waals surface area contributed by atoms with Crippen molar-refractivity contribution >= 4 is 27.4 Å². The maximum absolute atomic E-state index is 10.5. The Bertz CT molecular complexity index is 589. The smallest absolute Gasteiger partial charge is 0.303 e. The molecule has 1 aromatic carbocycles. The molecule has 0 saturated carbocycles. The fraction of sp³-hybridized carbons (Fsp3) is 0.357. The third-order valence-electron chi connectivity index (χ3n) is 3.30. The van der Waals surface area contributed by atoms with Crippen LogP contribution in [0.15, 0.2) is 18.2 Å². The zero-order chi connectivity index (χ0) is 13.3. The van der Waals surface area contributed by atoms with Gasteiger partial charge in [0.1, 0.15) is 0 Å². The summed E-state index contributed by atoms with van der Waals surface area (Å²) in [5.74, 6) is -0.797. The van der Waals surface area contributed by atoms with Crippen LogP contribution in [0.3, 0.4) is 0 Å². The van der Waals surface area contributed by atoms with Crippen molar-refractivity contribution in [2.45, 2.75) is 32.7 Å². The molecule has 1 atom stereocenters. The number of benzene rings is 1. The van der Waals surface area contributed by atoms with E-state index in [4.69, 9.17) is 10.8 Å². The number of carbonyl (C=O) groups is 1. The topological polar surface area (TPSA) is 63.3 Å². The molecule has 3 N–H and O–H groups in total. The highest BCUT2D eigenvalue weighted by Gasteiger charge is 2.11. The quantitative estimate of drug-likeness (QED) is 0.888. The predicted molar refractivity (Wildman–Crippen MR) is 75.1 cm³/mol. The number of thiophene rings is 1. The summed E-state index contributed by atoms with van der Waals surface area (Å²) < 4.78 is 1.23. The molecule has 0 saturated heterocycles. The zero-order valence-electron chi connectivity index (χ0n) is 10.6. The Kier molecular flexibility index (Phi) is 3.68. The van der Waals surface area contributed by atoms with Crippen molar-refractivity contribution in [2.75, 3.05) is 0 Å². The molecule has 18 heavy (non-hydrogen) atoms. The van der Waals surface area contributed by atoms with Crippen LogP contribution in [0.2, 0.25) is 0 Å². The molecule has 2 aromatic rings. The summed E-state index contributed by atoms with van der Waals surface area (Å²) in [6.07, 6.45) is 0.589. The van der Waals surface area contributed by atoms with Gasteiger partial charge in [0.2, 0.25) is 0 Å². The van der Waals surface area contributed by atoms with Crippen LogP contribution >= 0.6 is 11.3 Å². The van der Waals surface area contributed by atoms with Gasteiger partial charge in [0.25, 0.3) is 0 Å². The Labute approximate surface area is 110 Å². The highest BCUT2D eigenvalue weighted by Crippen LogP contribution is 2.32. The molecule has 3 nitrogen and oxygen atoms in total. The average molecular weight is 263 g/mol. The van der Waals surface area contributed by atoms with Crippen molar-refractivity contribution in [1.82, 2.24) is 0 Å². The SMILES string of the molecule is Cc1sc2cc(C(N)CCC(=O)O)ccc2c1C. The fourth-order valence-corrected chi connectivity index (χ4v) is 3.16. The summed E-state index contributed by atoms with van der Waals surface area (Å²) in [5.41, 5.74) is 8.36. The predicted octanol–water partition coefficient (Wildman–Crippen LogP) is 3.38. The van der Waals surface area contributed by atoms with Crippen LogP contribution in [0.1, 0.15) is 34.9 Å². The molecule has 0 fully saturated rings. The molecule has 0 radical (unpaired) electrons. The number of hydrogen-bond acceptors (Lipinski definition) is 3. The molecule has 0 aliphatic heterocycles. The normalized spacial score (nSPS) is 12.8. The molecule has 1 aromatic heterocycles. The third-order valence-corrected chi connectivity index (χ3v) is 4.47. The number of rotatable bonds is 4. The molecule has 0 amide bonds. The summed E-state index contributed by atoms with van der Waals surface area (Å²) in [7, 11) is 0. The number of nitrogens with two attached hydrogens (primary N) is 1. The minimum atomic E-state index is -0.797. The highest BCUT2D eigenvalue weighted by molar-refractivity contribution is 7.19. The zero-order valence-corrected chi connectivity index (χ0v) is 11.4. The molecule has 2 rings (SSSR count). The second kappa shape index (κ2) is 5.08. The molecule has 4 heteroatoms. The molecule has 96 valence electrons. The van der Waals surface area contributed by atoms with E-state index in [0.29, 0.717) is 6.42 Å². The molecular weight excluding hydrogens is 246 g/mol. The summed E-state index contributed by atoms with van der Waals surface area (Å²) in [4.78, 5) is 11.9. The molecular formula is C14H17NO2S. The van der Waals surface area contributed by atoms with Crippen molar-refractivity contribution in [3.8, 4) is 0 Å². The van der Waals surface area contributed by atoms with Crippen molar-refractivity contribution in [3.05, 3.63) is 34.2 Å². The lowest BCUT2D eigenvalue weighted by Gasteiger charge is -2.10. The maximum Gasteiger partial charge on any atom is 0.303 e. The summed E-state index contributed by atoms with van der Waals surface area (Å²) in [5, 5.41) is 9.94. The lowest BCUT2D eigenvalue weighted by molar-refractivity contribution is -0.137. The van der Waals surface area contributed by atoms with Crippen LogP contribution in [0.25, 0.3) is 10.1 Å². The number of aliphatic carboxylic acids is 1. The lowest BCUT2D eigenvalue weighted by Crippen LogP contribution is -2.12. The number of carboxylic acid groups (broad SMARTS) is 1. The van der Waals surface area contributed by atoms with Gasteiger partial charge in [-0.3, -0.25) is 4.79 Å². The van der Waals surface area contributed by atoms with Gasteiger partial charge in [-0.2, -0.15) is 0 Å². The van der Waals surface area contributed by atoms with Gasteiger partial charge >= 0.3 is 5.97 Å². The molecule has 0 spiro atoms. The van der Waals surface area contributed by atoms with Crippen LogP contribution < -0.4 is 5.73 Å². The number of carboxylic acids is 1. The van der Waals surface area contributed by atoms with Crippen molar-refractivity contribution in [1.29, 1.82) is 0 Å². The van der Waals surface area contributed by atoms with E-state index >= 15 is 0 Å². The van der Waals surface area contributed by atoms with E-state index in [1.54, 1.807) is 11.3 Å².